The normalized spacial score (nSPS) is 18.8. The molecule has 0 spiro atoms. The average molecular weight is 497 g/mol. The summed E-state index contributed by atoms with van der Waals surface area (Å²) in [5.41, 5.74) is 1.09. The minimum Gasteiger partial charge on any atom is -0.477 e. The van der Waals surface area contributed by atoms with Crippen LogP contribution >= 0.6 is 24.0 Å². The molecule has 0 radical (unpaired) electrons. The van der Waals surface area contributed by atoms with E-state index in [0.29, 0.717) is 18.5 Å². The lowest BCUT2D eigenvalue weighted by Crippen LogP contribution is -2.47. The van der Waals surface area contributed by atoms with Crippen molar-refractivity contribution < 1.29 is 4.74 Å². The number of fused-ring (bicyclic) bond motifs is 1. The van der Waals surface area contributed by atoms with Crippen molar-refractivity contribution in [1.82, 2.24) is 30.4 Å². The monoisotopic (exact) mass is 497 g/mol. The maximum Gasteiger partial charge on any atom is 0.213 e. The summed E-state index contributed by atoms with van der Waals surface area (Å²) in [6, 6.07) is 4.27. The van der Waals surface area contributed by atoms with Gasteiger partial charge in [-0.2, -0.15) is 5.10 Å². The van der Waals surface area contributed by atoms with Gasteiger partial charge in [0.15, 0.2) is 5.96 Å². The average Bonchev–Trinajstić information content (AvgIpc) is 3.40. The van der Waals surface area contributed by atoms with Crippen molar-refractivity contribution in [2.24, 2.45) is 10.9 Å². The predicted octanol–water partition coefficient (Wildman–Crippen LogP) is 2.15. The lowest BCUT2D eigenvalue weighted by molar-refractivity contribution is 0.288. The Morgan fingerprint density at radius 3 is 3.04 bits per heavy atom. The summed E-state index contributed by atoms with van der Waals surface area (Å²) >= 11 is 0. The second-order valence-corrected chi connectivity index (χ2v) is 7.19. The second kappa shape index (κ2) is 10.0. The van der Waals surface area contributed by atoms with Gasteiger partial charge in [0.05, 0.1) is 19.7 Å². The van der Waals surface area contributed by atoms with E-state index in [9.17, 15) is 0 Å². The number of rotatable bonds is 7. The van der Waals surface area contributed by atoms with Crippen LogP contribution in [0.4, 0.5) is 0 Å². The summed E-state index contributed by atoms with van der Waals surface area (Å²) in [6.07, 6.45) is 7.93. The molecule has 2 aromatic rings. The largest absolute Gasteiger partial charge is 0.477 e. The molecule has 152 valence electrons. The maximum absolute atomic E-state index is 5.77. The van der Waals surface area contributed by atoms with Gasteiger partial charge in [-0.3, -0.25) is 0 Å². The molecule has 1 fully saturated rings. The minimum absolute atomic E-state index is 0. The number of pyridine rings is 1. The summed E-state index contributed by atoms with van der Waals surface area (Å²) in [5.74, 6) is 3.30. The topological polar surface area (TPSA) is 89.2 Å². The van der Waals surface area contributed by atoms with Crippen molar-refractivity contribution in [3.8, 4) is 5.88 Å². The highest BCUT2D eigenvalue weighted by Crippen LogP contribution is 2.29. The molecule has 9 heteroatoms. The molecule has 2 N–H and O–H groups in total. The van der Waals surface area contributed by atoms with Crippen molar-refractivity contribution >= 4 is 29.9 Å². The minimum atomic E-state index is 0. The van der Waals surface area contributed by atoms with Crippen molar-refractivity contribution in [2.75, 3.05) is 13.2 Å². The number of halogens is 1. The molecule has 4 rings (SSSR count). The summed E-state index contributed by atoms with van der Waals surface area (Å²) < 4.78 is 7.73. The van der Waals surface area contributed by atoms with Crippen LogP contribution < -0.4 is 15.4 Å². The second-order valence-electron chi connectivity index (χ2n) is 7.19. The number of nitrogens with one attached hydrogen (secondary N) is 2. The van der Waals surface area contributed by atoms with E-state index in [-0.39, 0.29) is 24.0 Å². The fourth-order valence-electron chi connectivity index (χ4n) is 3.15. The van der Waals surface area contributed by atoms with Gasteiger partial charge in [-0.1, -0.05) is 0 Å². The van der Waals surface area contributed by atoms with Crippen LogP contribution in [0.5, 0.6) is 5.88 Å². The Morgan fingerprint density at radius 1 is 1.32 bits per heavy atom. The van der Waals surface area contributed by atoms with Crippen LogP contribution in [0.1, 0.15) is 37.6 Å². The van der Waals surface area contributed by atoms with Crippen molar-refractivity contribution in [2.45, 2.75) is 51.7 Å². The van der Waals surface area contributed by atoms with Crippen LogP contribution in [0.3, 0.4) is 0 Å². The molecule has 8 nitrogen and oxygen atoms in total. The van der Waals surface area contributed by atoms with E-state index >= 15 is 0 Å². The van der Waals surface area contributed by atoms with Gasteiger partial charge in [0.25, 0.3) is 0 Å². The quantitative estimate of drug-likeness (QED) is 0.346. The highest BCUT2D eigenvalue weighted by Gasteiger charge is 2.22. The van der Waals surface area contributed by atoms with E-state index in [1.807, 2.05) is 16.8 Å². The van der Waals surface area contributed by atoms with Gasteiger partial charge in [-0.15, -0.1) is 24.0 Å². The van der Waals surface area contributed by atoms with Gasteiger partial charge >= 0.3 is 0 Å². The molecule has 0 amide bonds. The van der Waals surface area contributed by atoms with Crippen molar-refractivity contribution in [1.29, 1.82) is 0 Å². The van der Waals surface area contributed by atoms with E-state index in [2.05, 4.69) is 32.6 Å². The van der Waals surface area contributed by atoms with Crippen molar-refractivity contribution in [3.05, 3.63) is 36.0 Å². The van der Waals surface area contributed by atoms with Crippen LogP contribution in [-0.4, -0.2) is 44.9 Å². The van der Waals surface area contributed by atoms with Gasteiger partial charge < -0.3 is 15.4 Å². The Balaban J connectivity index is 0.00000225. The van der Waals surface area contributed by atoms with E-state index in [1.54, 1.807) is 12.5 Å². The third kappa shape index (κ3) is 5.79. The first kappa shape index (κ1) is 20.8. The molecule has 0 saturated heterocycles. The molecule has 0 bridgehead atoms. The lowest BCUT2D eigenvalue weighted by atomic mass is 10.1. The van der Waals surface area contributed by atoms with Gasteiger partial charge in [0, 0.05) is 31.3 Å². The van der Waals surface area contributed by atoms with Crippen LogP contribution in [0, 0.1) is 5.92 Å². The fourth-order valence-corrected chi connectivity index (χ4v) is 3.15. The van der Waals surface area contributed by atoms with Crippen LogP contribution in [0.2, 0.25) is 0 Å². The standard InChI is InChI=1S/C19H27N7O.HI/c1-2-20-19(25-16-5-6-17-23-13-24-26(17)11-16)22-10-15-7-8-21-18(9-15)27-12-14-3-4-14;/h7-9,13-14,16H,2-6,10-12H2,1H3,(H2,20,22,25);1H. The molecular formula is C19H28IN7O. The Bertz CT molecular complexity index is 790. The number of ether oxygens (including phenoxy) is 1. The SMILES string of the molecule is CCNC(=NCc1ccnc(OCC2CC2)c1)NC1CCc2ncnn2C1.I. The molecule has 1 aliphatic carbocycles. The lowest BCUT2D eigenvalue weighted by Gasteiger charge is -2.25. The third-order valence-corrected chi connectivity index (χ3v) is 4.87. The van der Waals surface area contributed by atoms with Crippen LogP contribution in [-0.2, 0) is 19.5 Å². The van der Waals surface area contributed by atoms with Crippen molar-refractivity contribution in [3.63, 3.8) is 0 Å². The fraction of sp³-hybridized carbons (Fsp3) is 0.579. The van der Waals surface area contributed by atoms with Crippen LogP contribution in [0.15, 0.2) is 29.6 Å². The Morgan fingerprint density at radius 2 is 2.21 bits per heavy atom. The molecular weight excluding hydrogens is 469 g/mol. The Kier molecular flexibility index (Phi) is 7.46. The zero-order chi connectivity index (χ0) is 18.5. The van der Waals surface area contributed by atoms with E-state index in [0.717, 1.165) is 55.8 Å². The van der Waals surface area contributed by atoms with E-state index in [4.69, 9.17) is 9.73 Å². The number of aliphatic imine (C=N–C) groups is 1. The first-order chi connectivity index (χ1) is 13.3. The summed E-state index contributed by atoms with van der Waals surface area (Å²) in [5, 5.41) is 11.1. The Labute approximate surface area is 182 Å². The highest BCUT2D eigenvalue weighted by atomic mass is 127. The van der Waals surface area contributed by atoms with Gasteiger partial charge in [-0.25, -0.2) is 19.6 Å². The third-order valence-electron chi connectivity index (χ3n) is 4.87. The highest BCUT2D eigenvalue weighted by molar-refractivity contribution is 14.0. The zero-order valence-corrected chi connectivity index (χ0v) is 18.5. The molecule has 1 unspecified atom stereocenters. The van der Waals surface area contributed by atoms with Gasteiger partial charge in [-0.05, 0) is 43.7 Å². The molecule has 2 aliphatic rings. The molecule has 3 heterocycles. The van der Waals surface area contributed by atoms with Crippen LogP contribution in [0.25, 0.3) is 0 Å². The summed E-state index contributed by atoms with van der Waals surface area (Å²) in [4.78, 5) is 13.3. The molecule has 1 aliphatic heterocycles. The molecule has 2 aromatic heterocycles. The van der Waals surface area contributed by atoms with E-state index < -0.39 is 0 Å². The maximum atomic E-state index is 5.77. The molecule has 1 saturated carbocycles. The smallest absolute Gasteiger partial charge is 0.213 e. The molecule has 1 atom stereocenters. The zero-order valence-electron chi connectivity index (χ0n) is 16.2. The molecule has 0 aromatic carbocycles. The Hall–Kier alpha value is -1.91. The number of nitrogens with zero attached hydrogens (tertiary/aromatic N) is 5. The molecule has 28 heavy (non-hydrogen) atoms. The predicted molar refractivity (Wildman–Crippen MR) is 118 cm³/mol. The van der Waals surface area contributed by atoms with Gasteiger partial charge in [0.2, 0.25) is 5.88 Å². The first-order valence-corrected chi connectivity index (χ1v) is 9.79. The number of aryl methyl sites for hydroxylation is 1. The first-order valence-electron chi connectivity index (χ1n) is 9.79. The number of hydrogen-bond donors (Lipinski definition) is 2. The van der Waals surface area contributed by atoms with Gasteiger partial charge in [0.1, 0.15) is 12.2 Å². The number of aromatic nitrogens is 4. The number of guanidine groups is 1. The summed E-state index contributed by atoms with van der Waals surface area (Å²) in [7, 11) is 0. The number of hydrogen-bond acceptors (Lipinski definition) is 5. The summed E-state index contributed by atoms with van der Waals surface area (Å²) in [6.45, 7) is 5.06. The van der Waals surface area contributed by atoms with E-state index in [1.165, 1.54) is 12.8 Å².